The molecular formula is C38H54N8O10. The maximum atomic E-state index is 14.3. The Morgan fingerprint density at radius 2 is 1.30 bits per heavy atom. The minimum Gasteiger partial charge on any atom is -0.391 e. The van der Waals surface area contributed by atoms with Crippen LogP contribution in [0.3, 0.4) is 0 Å². The average Bonchev–Trinajstić information content (AvgIpc) is 3.85. The number of benzene rings is 1. The maximum Gasteiger partial charge on any atom is 0.251 e. The Balaban J connectivity index is 1.67. The molecule has 4 rings (SSSR count). The Hall–Kier alpha value is -5.39. The van der Waals surface area contributed by atoms with Crippen LogP contribution in [0.1, 0.15) is 72.3 Å². The van der Waals surface area contributed by atoms with E-state index in [0.29, 0.717) is 24.8 Å². The van der Waals surface area contributed by atoms with Crippen molar-refractivity contribution >= 4 is 53.2 Å². The summed E-state index contributed by atoms with van der Waals surface area (Å²) in [6.45, 7) is 7.38. The standard InChI is InChI=1S/C38H54N8O10/c1-20(2)17-28-41-29(48)19-39-33(51)22(4)40-35(53)26-13-9-15-45(26)38(56)27-14-10-16-46(27)37(55)25(18-24-11-7-6-8-12-24)34(52)44-36(54)30(23(5)47)43-32(50)21(3)31(49)42-28/h6-8,11-12,20-23,25-28,30,47H,9-10,13-19H2,1-5H3,(H,39,51)(H,40,53)(H,41,48)(H,42,49)(H,43,50)(H,44,52,54). The monoisotopic (exact) mass is 782 g/mol. The summed E-state index contributed by atoms with van der Waals surface area (Å²) in [6.07, 6.45) is -0.955. The van der Waals surface area contributed by atoms with Crippen LogP contribution in [0.25, 0.3) is 0 Å². The third kappa shape index (κ3) is 11.1. The molecule has 8 atom stereocenters. The number of aliphatic hydroxyl groups is 1. The van der Waals surface area contributed by atoms with Crippen LogP contribution >= 0.6 is 0 Å². The van der Waals surface area contributed by atoms with E-state index in [1.54, 1.807) is 30.3 Å². The van der Waals surface area contributed by atoms with Gasteiger partial charge in [0.2, 0.25) is 47.3 Å². The van der Waals surface area contributed by atoms with Gasteiger partial charge in [-0.25, -0.2) is 0 Å². The van der Waals surface area contributed by atoms with Crippen LogP contribution in [0, 0.1) is 17.8 Å². The van der Waals surface area contributed by atoms with Gasteiger partial charge in [-0.1, -0.05) is 44.2 Å². The number of imide groups is 1. The first-order valence-corrected chi connectivity index (χ1v) is 19.1. The van der Waals surface area contributed by atoms with E-state index in [1.165, 1.54) is 30.6 Å². The molecule has 1 aromatic rings. The molecule has 3 saturated heterocycles. The predicted octanol–water partition coefficient (Wildman–Crippen LogP) is -1.79. The van der Waals surface area contributed by atoms with Crippen LogP contribution in [0.4, 0.5) is 0 Å². The highest BCUT2D eigenvalue weighted by atomic mass is 16.3. The second kappa shape index (κ2) is 19.5. The van der Waals surface area contributed by atoms with E-state index in [9.17, 15) is 48.3 Å². The largest absolute Gasteiger partial charge is 0.391 e. The fourth-order valence-electron chi connectivity index (χ4n) is 7.08. The molecule has 3 heterocycles. The van der Waals surface area contributed by atoms with E-state index in [1.807, 2.05) is 13.8 Å². The molecule has 8 unspecified atom stereocenters. The van der Waals surface area contributed by atoms with Gasteiger partial charge in [0.1, 0.15) is 42.2 Å². The number of carbonyl (C=O) groups excluding carboxylic acids is 9. The van der Waals surface area contributed by atoms with E-state index in [2.05, 4.69) is 31.9 Å². The molecule has 0 saturated carbocycles. The first-order chi connectivity index (χ1) is 26.5. The Morgan fingerprint density at radius 3 is 1.93 bits per heavy atom. The van der Waals surface area contributed by atoms with E-state index in [4.69, 9.17) is 0 Å². The molecule has 306 valence electrons. The number of carbonyl (C=O) groups is 9. The summed E-state index contributed by atoms with van der Waals surface area (Å²) >= 11 is 0. The molecule has 7 N–H and O–H groups in total. The highest BCUT2D eigenvalue weighted by Gasteiger charge is 2.45. The number of hydrogen-bond donors (Lipinski definition) is 7. The van der Waals surface area contributed by atoms with Gasteiger partial charge in [0.05, 0.1) is 12.6 Å². The zero-order valence-corrected chi connectivity index (χ0v) is 32.5. The third-order valence-electron chi connectivity index (χ3n) is 10.2. The molecule has 56 heavy (non-hydrogen) atoms. The first-order valence-electron chi connectivity index (χ1n) is 19.1. The van der Waals surface area contributed by atoms with Gasteiger partial charge in [0.15, 0.2) is 0 Å². The fraction of sp³-hybridized carbons (Fsp3) is 0.605. The molecule has 3 fully saturated rings. The van der Waals surface area contributed by atoms with Crippen molar-refractivity contribution in [3.05, 3.63) is 35.9 Å². The lowest BCUT2D eigenvalue weighted by Gasteiger charge is -2.33. The van der Waals surface area contributed by atoms with Gasteiger partial charge in [0, 0.05) is 13.1 Å². The van der Waals surface area contributed by atoms with Crippen LogP contribution in [0.2, 0.25) is 0 Å². The maximum absolute atomic E-state index is 14.3. The summed E-state index contributed by atoms with van der Waals surface area (Å²) in [5.41, 5.74) is 0.584. The first kappa shape index (κ1) is 43.3. The molecule has 1 aromatic carbocycles. The number of aliphatic hydroxyl groups excluding tert-OH is 1. The van der Waals surface area contributed by atoms with Crippen LogP contribution in [-0.2, 0) is 49.6 Å². The highest BCUT2D eigenvalue weighted by molar-refractivity contribution is 6.09. The summed E-state index contributed by atoms with van der Waals surface area (Å²) in [5, 5.41) is 25.3. The number of nitrogens with zero attached hydrogens (tertiary/aromatic N) is 2. The zero-order valence-electron chi connectivity index (χ0n) is 32.5. The summed E-state index contributed by atoms with van der Waals surface area (Å²) < 4.78 is 0. The van der Waals surface area contributed by atoms with Crippen molar-refractivity contribution in [3.63, 3.8) is 0 Å². The van der Waals surface area contributed by atoms with Crippen molar-refractivity contribution in [2.75, 3.05) is 19.6 Å². The lowest BCUT2D eigenvalue weighted by Crippen LogP contribution is -2.58. The topological polar surface area (TPSA) is 253 Å². The molecular weight excluding hydrogens is 728 g/mol. The number of rotatable bonds is 5. The average molecular weight is 783 g/mol. The lowest BCUT2D eigenvalue weighted by molar-refractivity contribution is -0.151. The summed E-state index contributed by atoms with van der Waals surface area (Å²) in [7, 11) is 0. The second-order valence-electron chi connectivity index (χ2n) is 15.1. The number of hydrogen-bond acceptors (Lipinski definition) is 10. The molecule has 0 bridgehead atoms. The molecule has 0 radical (unpaired) electrons. The summed E-state index contributed by atoms with van der Waals surface area (Å²) in [5.74, 6) is -10.1. The van der Waals surface area contributed by atoms with Crippen LogP contribution in [-0.4, -0.2) is 124 Å². The second-order valence-corrected chi connectivity index (χ2v) is 15.1. The number of amides is 9. The van der Waals surface area contributed by atoms with Gasteiger partial charge < -0.3 is 41.5 Å². The van der Waals surface area contributed by atoms with E-state index < -0.39 is 108 Å². The molecule has 9 amide bonds. The third-order valence-corrected chi connectivity index (χ3v) is 10.2. The van der Waals surface area contributed by atoms with Gasteiger partial charge in [-0.2, -0.15) is 0 Å². The molecule has 18 nitrogen and oxygen atoms in total. The highest BCUT2D eigenvalue weighted by Crippen LogP contribution is 2.27. The molecule has 0 aliphatic carbocycles. The van der Waals surface area contributed by atoms with Gasteiger partial charge in [-0.3, -0.25) is 48.5 Å². The fourth-order valence-corrected chi connectivity index (χ4v) is 7.08. The molecule has 0 aromatic heterocycles. The molecule has 18 heteroatoms. The predicted molar refractivity (Wildman–Crippen MR) is 199 cm³/mol. The van der Waals surface area contributed by atoms with Gasteiger partial charge >= 0.3 is 0 Å². The normalized spacial score (nSPS) is 28.8. The van der Waals surface area contributed by atoms with Crippen LogP contribution < -0.4 is 31.9 Å². The van der Waals surface area contributed by atoms with Crippen molar-refractivity contribution in [1.29, 1.82) is 0 Å². The molecule has 3 aliphatic rings. The quantitative estimate of drug-likeness (QED) is 0.131. The van der Waals surface area contributed by atoms with Crippen molar-refractivity contribution in [2.45, 2.75) is 110 Å². The van der Waals surface area contributed by atoms with Crippen molar-refractivity contribution < 1.29 is 48.3 Å². The van der Waals surface area contributed by atoms with Gasteiger partial charge in [-0.05, 0) is 70.8 Å². The van der Waals surface area contributed by atoms with E-state index in [0.717, 1.165) is 0 Å². The zero-order chi connectivity index (χ0) is 41.3. The van der Waals surface area contributed by atoms with E-state index >= 15 is 0 Å². The Bertz CT molecular complexity index is 1670. The SMILES string of the molecule is CC(C)CC1NC(=O)CNC(=O)C(C)NC(=O)C2CCCN2C(=O)C2CCCN2C(=O)C(Cc2ccccc2)C(=O)NC(=O)C(C(C)O)NC(=O)C(C)C(=O)N1. The Kier molecular flexibility index (Phi) is 15.1. The van der Waals surface area contributed by atoms with Crippen LogP contribution in [0.15, 0.2) is 30.3 Å². The minimum atomic E-state index is -1.72. The van der Waals surface area contributed by atoms with Crippen molar-refractivity contribution in [2.24, 2.45) is 17.8 Å². The van der Waals surface area contributed by atoms with E-state index in [-0.39, 0.29) is 38.3 Å². The number of fused-ring (bicyclic) bond motifs is 2. The summed E-state index contributed by atoms with van der Waals surface area (Å²) in [6, 6.07) is 3.80. The lowest BCUT2D eigenvalue weighted by atomic mass is 9.96. The van der Waals surface area contributed by atoms with Gasteiger partial charge in [-0.15, -0.1) is 0 Å². The summed E-state index contributed by atoms with van der Waals surface area (Å²) in [4.78, 5) is 124. The molecule has 3 aliphatic heterocycles. The van der Waals surface area contributed by atoms with Crippen molar-refractivity contribution in [3.8, 4) is 0 Å². The van der Waals surface area contributed by atoms with Crippen LogP contribution in [0.5, 0.6) is 0 Å². The Morgan fingerprint density at radius 1 is 0.696 bits per heavy atom. The smallest absolute Gasteiger partial charge is 0.251 e. The van der Waals surface area contributed by atoms with Gasteiger partial charge in [0.25, 0.3) is 5.91 Å². The minimum absolute atomic E-state index is 0.0394. The van der Waals surface area contributed by atoms with Crippen molar-refractivity contribution in [1.82, 2.24) is 41.7 Å². The number of nitrogens with one attached hydrogen (secondary N) is 6. The molecule has 0 spiro atoms. The Labute approximate surface area is 325 Å².